The molecule has 0 spiro atoms. The molecule has 5 nitrogen and oxygen atoms in total. The summed E-state index contributed by atoms with van der Waals surface area (Å²) in [6.45, 7) is 0. The van der Waals surface area contributed by atoms with Crippen LogP contribution in [0.2, 0.25) is 0 Å². The summed E-state index contributed by atoms with van der Waals surface area (Å²) >= 11 is 3.69. The van der Waals surface area contributed by atoms with E-state index in [2.05, 4.69) is 74.4 Å². The van der Waals surface area contributed by atoms with Crippen molar-refractivity contribution in [3.63, 3.8) is 0 Å². The van der Waals surface area contributed by atoms with Crippen LogP contribution < -0.4 is 0 Å². The van der Waals surface area contributed by atoms with Crippen molar-refractivity contribution in [3.05, 3.63) is 132 Å². The van der Waals surface area contributed by atoms with Crippen LogP contribution in [0.5, 0.6) is 0 Å². The molecule has 0 radical (unpaired) electrons. The fourth-order valence-electron chi connectivity index (χ4n) is 4.38. The van der Waals surface area contributed by atoms with E-state index in [1.807, 2.05) is 48.7 Å². The topological polar surface area (TPSA) is 75.3 Å². The Balaban J connectivity index is 1.48. The standard InChI is InChI=1S/C33H20BrN5/c34-30-17-28(24-11-14-36-15-12-24)16-29(18-30)32-19-31(38-33(39-32)26-5-3-22(20-35)4-6-26)25-9-7-23(8-10-25)27-2-1-13-37-21-27/h1-19,21H. The second-order valence-electron chi connectivity index (χ2n) is 8.93. The zero-order chi connectivity index (χ0) is 26.6. The number of hydrogen-bond donors (Lipinski definition) is 0. The summed E-state index contributed by atoms with van der Waals surface area (Å²) in [6, 6.07) is 34.1. The van der Waals surface area contributed by atoms with Crippen molar-refractivity contribution in [2.24, 2.45) is 0 Å². The fraction of sp³-hybridized carbons (Fsp3) is 0. The van der Waals surface area contributed by atoms with E-state index in [0.717, 1.165) is 54.8 Å². The van der Waals surface area contributed by atoms with Crippen LogP contribution in [-0.4, -0.2) is 19.9 Å². The van der Waals surface area contributed by atoms with E-state index in [1.54, 1.807) is 30.7 Å². The van der Waals surface area contributed by atoms with E-state index in [4.69, 9.17) is 9.97 Å². The summed E-state index contributed by atoms with van der Waals surface area (Å²) in [6.07, 6.45) is 7.20. The Morgan fingerprint density at radius 1 is 0.538 bits per heavy atom. The van der Waals surface area contributed by atoms with Crippen LogP contribution in [0.25, 0.3) is 56.2 Å². The third-order valence-corrected chi connectivity index (χ3v) is 6.84. The SMILES string of the molecule is N#Cc1ccc(-c2nc(-c3ccc(-c4cccnc4)cc3)cc(-c3cc(Br)cc(-c4ccncc4)c3)n2)cc1. The first-order chi connectivity index (χ1) is 19.2. The first kappa shape index (κ1) is 24.4. The summed E-state index contributed by atoms with van der Waals surface area (Å²) in [5, 5.41) is 9.24. The van der Waals surface area contributed by atoms with Gasteiger partial charge < -0.3 is 0 Å². The lowest BCUT2D eigenvalue weighted by Crippen LogP contribution is -1.96. The second-order valence-corrected chi connectivity index (χ2v) is 9.85. The predicted molar refractivity (Wildman–Crippen MR) is 157 cm³/mol. The van der Waals surface area contributed by atoms with Crippen LogP contribution in [0.3, 0.4) is 0 Å². The summed E-state index contributed by atoms with van der Waals surface area (Å²) in [5.74, 6) is 0.591. The molecule has 3 heterocycles. The van der Waals surface area contributed by atoms with Crippen molar-refractivity contribution in [1.82, 2.24) is 19.9 Å². The van der Waals surface area contributed by atoms with Gasteiger partial charge in [0.15, 0.2) is 5.82 Å². The van der Waals surface area contributed by atoms with Crippen molar-refractivity contribution in [2.45, 2.75) is 0 Å². The third-order valence-electron chi connectivity index (χ3n) is 6.38. The quantitative estimate of drug-likeness (QED) is 0.210. The molecule has 0 saturated carbocycles. The number of rotatable bonds is 5. The molecule has 3 aromatic heterocycles. The van der Waals surface area contributed by atoms with Gasteiger partial charge in [0.1, 0.15) is 0 Å². The van der Waals surface area contributed by atoms with E-state index < -0.39 is 0 Å². The van der Waals surface area contributed by atoms with Gasteiger partial charge in [0.2, 0.25) is 0 Å². The van der Waals surface area contributed by atoms with Crippen molar-refractivity contribution < 1.29 is 0 Å². The Morgan fingerprint density at radius 3 is 1.87 bits per heavy atom. The van der Waals surface area contributed by atoms with Gasteiger partial charge in [-0.05, 0) is 89.0 Å². The van der Waals surface area contributed by atoms with Gasteiger partial charge in [-0.3, -0.25) is 9.97 Å². The normalized spacial score (nSPS) is 10.7. The van der Waals surface area contributed by atoms with Crippen molar-refractivity contribution >= 4 is 15.9 Å². The minimum atomic E-state index is 0.591. The summed E-state index contributed by atoms with van der Waals surface area (Å²) < 4.78 is 0.952. The van der Waals surface area contributed by atoms with Gasteiger partial charge in [-0.2, -0.15) is 5.26 Å². The molecule has 0 amide bonds. The van der Waals surface area contributed by atoms with E-state index in [0.29, 0.717) is 11.4 Å². The number of halogens is 1. The van der Waals surface area contributed by atoms with E-state index in [-0.39, 0.29) is 0 Å². The highest BCUT2D eigenvalue weighted by atomic mass is 79.9. The number of aromatic nitrogens is 4. The molecule has 0 aliphatic carbocycles. The van der Waals surface area contributed by atoms with Gasteiger partial charge in [0.25, 0.3) is 0 Å². The molecular formula is C33H20BrN5. The molecule has 0 fully saturated rings. The molecule has 6 rings (SSSR count). The maximum atomic E-state index is 9.24. The van der Waals surface area contributed by atoms with Gasteiger partial charge in [-0.15, -0.1) is 0 Å². The molecule has 0 N–H and O–H groups in total. The summed E-state index contributed by atoms with van der Waals surface area (Å²) in [4.78, 5) is 18.3. The molecule has 0 aliphatic heterocycles. The van der Waals surface area contributed by atoms with Crippen LogP contribution in [0, 0.1) is 11.3 Å². The lowest BCUT2D eigenvalue weighted by Gasteiger charge is -2.12. The molecule has 184 valence electrons. The third kappa shape index (κ3) is 5.35. The highest BCUT2D eigenvalue weighted by Gasteiger charge is 2.13. The van der Waals surface area contributed by atoms with Crippen molar-refractivity contribution in [1.29, 1.82) is 5.26 Å². The molecule has 0 atom stereocenters. The molecule has 3 aromatic carbocycles. The van der Waals surface area contributed by atoms with Gasteiger partial charge in [-0.25, -0.2) is 9.97 Å². The maximum Gasteiger partial charge on any atom is 0.160 e. The fourth-order valence-corrected chi connectivity index (χ4v) is 4.87. The number of nitrogens with zero attached hydrogens (tertiary/aromatic N) is 5. The molecule has 0 bridgehead atoms. The Kier molecular flexibility index (Phi) is 6.73. The van der Waals surface area contributed by atoms with Crippen LogP contribution in [-0.2, 0) is 0 Å². The lowest BCUT2D eigenvalue weighted by atomic mass is 10.0. The first-order valence-electron chi connectivity index (χ1n) is 12.3. The van der Waals surface area contributed by atoms with Gasteiger partial charge in [0, 0.05) is 46.0 Å². The van der Waals surface area contributed by atoms with Gasteiger partial charge in [-0.1, -0.05) is 46.3 Å². The monoisotopic (exact) mass is 565 g/mol. The zero-order valence-electron chi connectivity index (χ0n) is 20.7. The molecule has 39 heavy (non-hydrogen) atoms. The molecular weight excluding hydrogens is 546 g/mol. The van der Waals surface area contributed by atoms with Crippen LogP contribution in [0.4, 0.5) is 0 Å². The largest absolute Gasteiger partial charge is 0.265 e. The molecule has 0 unspecified atom stereocenters. The Hall–Kier alpha value is -4.99. The van der Waals surface area contributed by atoms with Crippen LogP contribution in [0.15, 0.2) is 126 Å². The Bertz CT molecular complexity index is 1800. The van der Waals surface area contributed by atoms with Crippen LogP contribution >= 0.6 is 15.9 Å². The number of benzene rings is 3. The predicted octanol–water partition coefficient (Wildman–Crippen LogP) is 8.24. The van der Waals surface area contributed by atoms with Crippen molar-refractivity contribution in [3.8, 4) is 62.2 Å². The average molecular weight is 566 g/mol. The Morgan fingerprint density at radius 2 is 1.18 bits per heavy atom. The molecule has 0 aliphatic rings. The highest BCUT2D eigenvalue weighted by Crippen LogP contribution is 2.33. The molecule has 0 saturated heterocycles. The number of pyridine rings is 2. The average Bonchev–Trinajstić information content (AvgIpc) is 3.01. The lowest BCUT2D eigenvalue weighted by molar-refractivity contribution is 1.18. The van der Waals surface area contributed by atoms with Gasteiger partial charge >= 0.3 is 0 Å². The van der Waals surface area contributed by atoms with Crippen molar-refractivity contribution in [2.75, 3.05) is 0 Å². The highest BCUT2D eigenvalue weighted by molar-refractivity contribution is 9.10. The van der Waals surface area contributed by atoms with E-state index in [9.17, 15) is 5.26 Å². The first-order valence-corrected chi connectivity index (χ1v) is 13.1. The molecule has 6 aromatic rings. The maximum absolute atomic E-state index is 9.24. The minimum absolute atomic E-state index is 0.591. The number of nitriles is 1. The second kappa shape index (κ2) is 10.8. The van der Waals surface area contributed by atoms with Crippen LogP contribution in [0.1, 0.15) is 5.56 Å². The minimum Gasteiger partial charge on any atom is -0.265 e. The summed E-state index contributed by atoms with van der Waals surface area (Å²) in [5.41, 5.74) is 9.25. The number of hydrogen-bond acceptors (Lipinski definition) is 5. The summed E-state index contributed by atoms with van der Waals surface area (Å²) in [7, 11) is 0. The van der Waals surface area contributed by atoms with Gasteiger partial charge in [0.05, 0.1) is 23.0 Å². The zero-order valence-corrected chi connectivity index (χ0v) is 22.2. The van der Waals surface area contributed by atoms with E-state index in [1.165, 1.54) is 0 Å². The van der Waals surface area contributed by atoms with E-state index >= 15 is 0 Å². The Labute approximate surface area is 234 Å². The molecule has 6 heteroatoms. The smallest absolute Gasteiger partial charge is 0.160 e.